The van der Waals surface area contributed by atoms with Crippen LogP contribution >= 0.6 is 11.3 Å². The van der Waals surface area contributed by atoms with Crippen molar-refractivity contribution in [3.63, 3.8) is 0 Å². The fourth-order valence-electron chi connectivity index (χ4n) is 5.46. The lowest BCUT2D eigenvalue weighted by molar-refractivity contribution is -0.142. The summed E-state index contributed by atoms with van der Waals surface area (Å²) in [6, 6.07) is -0.236. The number of anilines is 1. The third-order valence-corrected chi connectivity index (χ3v) is 8.83. The van der Waals surface area contributed by atoms with Gasteiger partial charge in [0.2, 0.25) is 0 Å². The standard InChI is InChI=1S/C25H30F3N5O3S/c1-3-18(25(26,27)28)31-19-10-12(2)15(11-29-19)21-20(24(36)33-13-4-5-14(33)7-6-13)32-23(37-21)22(35)30-16-8-9-17(16)34/h10-11,13-14,16-18,34H,3-9H2,1-2H3,(H,29,31)(H,30,35)/t13?,14?,16-,17-,18-/m0/s1. The van der Waals surface area contributed by atoms with Crippen LogP contribution in [0.2, 0.25) is 0 Å². The van der Waals surface area contributed by atoms with Crippen LogP contribution in [0.3, 0.4) is 0 Å². The summed E-state index contributed by atoms with van der Waals surface area (Å²) in [7, 11) is 0. The molecule has 3 atom stereocenters. The van der Waals surface area contributed by atoms with E-state index in [-0.39, 0.29) is 47.0 Å². The van der Waals surface area contributed by atoms with Crippen LogP contribution in [-0.2, 0) is 0 Å². The maximum atomic E-state index is 13.7. The van der Waals surface area contributed by atoms with Crippen molar-refractivity contribution in [1.82, 2.24) is 20.2 Å². The Labute approximate surface area is 216 Å². The van der Waals surface area contributed by atoms with Gasteiger partial charge in [-0.25, -0.2) is 9.97 Å². The molecular weight excluding hydrogens is 507 g/mol. The van der Waals surface area contributed by atoms with E-state index in [1.165, 1.54) is 19.2 Å². The number of carbonyl (C=O) groups is 2. The van der Waals surface area contributed by atoms with Crippen molar-refractivity contribution in [3.8, 4) is 10.4 Å². The lowest BCUT2D eigenvalue weighted by Gasteiger charge is -2.32. The summed E-state index contributed by atoms with van der Waals surface area (Å²) in [5.74, 6) is -0.612. The predicted molar refractivity (Wildman–Crippen MR) is 133 cm³/mol. The van der Waals surface area contributed by atoms with E-state index in [1.807, 2.05) is 4.90 Å². The first-order chi connectivity index (χ1) is 17.6. The molecule has 2 aromatic heterocycles. The average Bonchev–Trinajstić information content (AvgIpc) is 3.58. The number of nitrogens with one attached hydrogen (secondary N) is 2. The Morgan fingerprint density at radius 2 is 1.86 bits per heavy atom. The van der Waals surface area contributed by atoms with E-state index in [0.717, 1.165) is 37.0 Å². The van der Waals surface area contributed by atoms with Gasteiger partial charge in [-0.2, -0.15) is 13.2 Å². The second-order valence-electron chi connectivity index (χ2n) is 10.1. The Kier molecular flexibility index (Phi) is 6.90. The second-order valence-corrected chi connectivity index (χ2v) is 11.1. The van der Waals surface area contributed by atoms with Gasteiger partial charge in [-0.05, 0) is 63.5 Å². The van der Waals surface area contributed by atoms with Gasteiger partial charge in [-0.15, -0.1) is 11.3 Å². The number of aromatic nitrogens is 2. The van der Waals surface area contributed by atoms with Crippen molar-refractivity contribution in [2.75, 3.05) is 5.32 Å². The number of aliphatic hydroxyl groups is 1. The predicted octanol–water partition coefficient (Wildman–Crippen LogP) is 4.29. The third-order valence-electron chi connectivity index (χ3n) is 7.75. The summed E-state index contributed by atoms with van der Waals surface area (Å²) < 4.78 is 39.7. The maximum Gasteiger partial charge on any atom is 0.408 e. The number of alkyl halides is 3. The van der Waals surface area contributed by atoms with Gasteiger partial charge in [0.1, 0.15) is 17.6 Å². The van der Waals surface area contributed by atoms with Crippen LogP contribution in [0.15, 0.2) is 12.3 Å². The Morgan fingerprint density at radius 1 is 1.19 bits per heavy atom. The molecule has 8 nitrogen and oxygen atoms in total. The highest BCUT2D eigenvalue weighted by molar-refractivity contribution is 7.17. The minimum Gasteiger partial charge on any atom is -0.391 e. The molecule has 1 saturated carbocycles. The Balaban J connectivity index is 1.47. The van der Waals surface area contributed by atoms with E-state index in [0.29, 0.717) is 28.8 Å². The number of rotatable bonds is 7. The molecule has 4 heterocycles. The molecule has 0 aromatic carbocycles. The molecule has 5 rings (SSSR count). The maximum absolute atomic E-state index is 13.7. The molecule has 37 heavy (non-hydrogen) atoms. The van der Waals surface area contributed by atoms with E-state index in [2.05, 4.69) is 20.6 Å². The lowest BCUT2D eigenvalue weighted by Crippen LogP contribution is -2.50. The molecule has 2 aliphatic heterocycles. The topological polar surface area (TPSA) is 107 Å². The van der Waals surface area contributed by atoms with E-state index in [4.69, 9.17) is 0 Å². The largest absolute Gasteiger partial charge is 0.408 e. The first-order valence-corrected chi connectivity index (χ1v) is 13.5. The normalized spacial score (nSPS) is 25.6. The van der Waals surface area contributed by atoms with Crippen molar-refractivity contribution < 1.29 is 27.9 Å². The molecule has 3 fully saturated rings. The van der Waals surface area contributed by atoms with Crippen LogP contribution in [0.4, 0.5) is 19.0 Å². The molecule has 3 aliphatic rings. The summed E-state index contributed by atoms with van der Waals surface area (Å²) in [4.78, 5) is 37.6. The molecule has 12 heteroatoms. The van der Waals surface area contributed by atoms with Gasteiger partial charge in [-0.3, -0.25) is 9.59 Å². The number of hydrogen-bond acceptors (Lipinski definition) is 7. The first-order valence-electron chi connectivity index (χ1n) is 12.7. The van der Waals surface area contributed by atoms with Crippen molar-refractivity contribution in [1.29, 1.82) is 0 Å². The number of aryl methyl sites for hydroxylation is 1. The van der Waals surface area contributed by atoms with Crippen LogP contribution in [0.25, 0.3) is 10.4 Å². The second kappa shape index (κ2) is 9.86. The van der Waals surface area contributed by atoms with Crippen molar-refractivity contribution in [2.45, 2.75) is 95.2 Å². The van der Waals surface area contributed by atoms with E-state index >= 15 is 0 Å². The van der Waals surface area contributed by atoms with Gasteiger partial charge in [0.15, 0.2) is 5.01 Å². The van der Waals surface area contributed by atoms with Crippen LogP contribution in [-0.4, -0.2) is 68.2 Å². The number of nitrogens with zero attached hydrogens (tertiary/aromatic N) is 3. The number of fused-ring (bicyclic) bond motifs is 2. The first kappa shape index (κ1) is 25.9. The Morgan fingerprint density at radius 3 is 2.38 bits per heavy atom. The zero-order valence-corrected chi connectivity index (χ0v) is 21.5. The zero-order chi connectivity index (χ0) is 26.5. The molecule has 3 N–H and O–H groups in total. The number of pyridine rings is 1. The molecule has 2 saturated heterocycles. The highest BCUT2D eigenvalue weighted by Crippen LogP contribution is 2.41. The van der Waals surface area contributed by atoms with Crippen molar-refractivity contribution >= 4 is 29.0 Å². The quantitative estimate of drug-likeness (QED) is 0.487. The fraction of sp³-hybridized carbons (Fsp3) is 0.600. The summed E-state index contributed by atoms with van der Waals surface area (Å²) in [6.07, 6.45) is 1.35. The fourth-order valence-corrected chi connectivity index (χ4v) is 6.49. The van der Waals surface area contributed by atoms with Crippen molar-refractivity contribution in [3.05, 3.63) is 28.5 Å². The highest BCUT2D eigenvalue weighted by atomic mass is 32.1. The lowest BCUT2D eigenvalue weighted by atomic mass is 9.89. The summed E-state index contributed by atoms with van der Waals surface area (Å²) in [6.45, 7) is 3.18. The molecule has 200 valence electrons. The SMILES string of the molecule is CC[C@H](Nc1cc(C)c(-c2sc(C(=O)N[C@H]3CC[C@@H]3O)nc2C(=O)N2C3CCC2CC3)cn1)C(F)(F)F. The summed E-state index contributed by atoms with van der Waals surface area (Å²) in [5, 5.41) is 15.2. The van der Waals surface area contributed by atoms with Gasteiger partial charge in [0.25, 0.3) is 11.8 Å². The molecule has 0 spiro atoms. The minimum absolute atomic E-state index is 0.0809. The summed E-state index contributed by atoms with van der Waals surface area (Å²) in [5.41, 5.74) is 1.31. The van der Waals surface area contributed by atoms with Gasteiger partial charge in [0, 0.05) is 23.8 Å². The Hall–Kier alpha value is -2.73. The molecule has 1 aliphatic carbocycles. The highest BCUT2D eigenvalue weighted by Gasteiger charge is 2.44. The average molecular weight is 538 g/mol. The van der Waals surface area contributed by atoms with Gasteiger partial charge in [0.05, 0.1) is 17.0 Å². The number of amides is 2. The van der Waals surface area contributed by atoms with Gasteiger partial charge >= 0.3 is 6.18 Å². The Bertz CT molecular complexity index is 1180. The molecule has 0 radical (unpaired) electrons. The minimum atomic E-state index is -4.41. The monoisotopic (exact) mass is 537 g/mol. The molecule has 2 amide bonds. The van der Waals surface area contributed by atoms with Crippen molar-refractivity contribution in [2.24, 2.45) is 0 Å². The van der Waals surface area contributed by atoms with Crippen LogP contribution in [0, 0.1) is 6.92 Å². The van der Waals surface area contributed by atoms with Crippen LogP contribution in [0.5, 0.6) is 0 Å². The third kappa shape index (κ3) is 4.93. The van der Waals surface area contributed by atoms with E-state index in [9.17, 15) is 27.9 Å². The number of carbonyl (C=O) groups excluding carboxylic acids is 2. The molecule has 2 bridgehead atoms. The summed E-state index contributed by atoms with van der Waals surface area (Å²) >= 11 is 1.06. The zero-order valence-electron chi connectivity index (χ0n) is 20.6. The number of thiazole rings is 1. The van der Waals surface area contributed by atoms with Crippen LogP contribution < -0.4 is 10.6 Å². The van der Waals surface area contributed by atoms with Gasteiger partial charge < -0.3 is 20.6 Å². The molecular formula is C25H30F3N5O3S. The van der Waals surface area contributed by atoms with E-state index in [1.54, 1.807) is 6.92 Å². The molecule has 0 unspecified atom stereocenters. The number of hydrogen-bond donors (Lipinski definition) is 3. The van der Waals surface area contributed by atoms with Crippen LogP contribution in [0.1, 0.15) is 77.7 Å². The van der Waals surface area contributed by atoms with E-state index < -0.39 is 24.2 Å². The molecule has 2 aromatic rings. The number of aliphatic hydroxyl groups excluding tert-OH is 1. The van der Waals surface area contributed by atoms with Gasteiger partial charge in [-0.1, -0.05) is 6.92 Å². The number of halogens is 3. The smallest absolute Gasteiger partial charge is 0.391 e.